The number of rotatable bonds is 10. The van der Waals surface area contributed by atoms with Crippen molar-refractivity contribution < 1.29 is 31.9 Å². The number of carbonyl (C=O) groups is 3. The van der Waals surface area contributed by atoms with Crippen molar-refractivity contribution in [3.8, 4) is 0 Å². The Morgan fingerprint density at radius 3 is 2.38 bits per heavy atom. The summed E-state index contributed by atoms with van der Waals surface area (Å²) in [6.45, 7) is 3.50. The zero-order valence-corrected chi connectivity index (χ0v) is 22.9. The van der Waals surface area contributed by atoms with Crippen molar-refractivity contribution in [2.24, 2.45) is 5.92 Å². The summed E-state index contributed by atoms with van der Waals surface area (Å²) in [4.78, 5) is 39.0. The van der Waals surface area contributed by atoms with Gasteiger partial charge in [0.1, 0.15) is 24.1 Å². The zero-order chi connectivity index (χ0) is 29.4. The van der Waals surface area contributed by atoms with Crippen LogP contribution in [0, 0.1) is 11.7 Å². The Hall–Kier alpha value is -3.41. The number of hydrogen-bond acceptors (Lipinski definition) is 4. The van der Waals surface area contributed by atoms with E-state index in [0.717, 1.165) is 49.0 Å². The monoisotopic (exact) mass is 583 g/mol. The predicted octanol–water partition coefficient (Wildman–Crippen LogP) is 5.28. The molecule has 8 nitrogen and oxygen atoms in total. The van der Waals surface area contributed by atoms with Crippen LogP contribution in [0.5, 0.6) is 0 Å². The van der Waals surface area contributed by atoms with Crippen LogP contribution in [0.4, 0.5) is 23.2 Å². The van der Waals surface area contributed by atoms with Crippen molar-refractivity contribution in [3.05, 3.63) is 57.6 Å². The van der Waals surface area contributed by atoms with Gasteiger partial charge < -0.3 is 16.0 Å². The second-order valence-electron chi connectivity index (χ2n) is 10.4. The van der Waals surface area contributed by atoms with Crippen LogP contribution in [-0.4, -0.2) is 46.3 Å². The van der Waals surface area contributed by atoms with Gasteiger partial charge in [-0.3, -0.25) is 19.1 Å². The van der Waals surface area contributed by atoms with Gasteiger partial charge in [-0.25, -0.2) is 4.39 Å². The summed E-state index contributed by atoms with van der Waals surface area (Å²) in [5, 5.41) is 11.1. The van der Waals surface area contributed by atoms with Gasteiger partial charge in [-0.05, 0) is 81.7 Å². The second kappa shape index (κ2) is 11.6. The van der Waals surface area contributed by atoms with Crippen LogP contribution >= 0.6 is 11.6 Å². The summed E-state index contributed by atoms with van der Waals surface area (Å²) in [5.74, 6) is -4.12. The number of alkyl halides is 3. The molecule has 3 N–H and O–H groups in total. The first-order chi connectivity index (χ1) is 18.8. The number of aromatic nitrogens is 2. The number of nitrogens with zero attached hydrogens (tertiary/aromatic N) is 2. The average Bonchev–Trinajstić information content (AvgIpc) is 3.82. The van der Waals surface area contributed by atoms with Crippen LogP contribution in [-0.2, 0) is 9.59 Å². The second-order valence-corrected chi connectivity index (χ2v) is 10.8. The number of amides is 3. The summed E-state index contributed by atoms with van der Waals surface area (Å²) in [6, 6.07) is 2.41. The lowest BCUT2D eigenvalue weighted by molar-refractivity contribution is -0.139. The van der Waals surface area contributed by atoms with E-state index >= 15 is 4.39 Å². The van der Waals surface area contributed by atoms with Crippen molar-refractivity contribution in [1.29, 1.82) is 0 Å². The molecule has 0 radical (unpaired) electrons. The SMILES string of the molecule is CC(C)n1nccc1C(=O)N[C@H](C(=O)Nc1cc(Cl)c([C@@H](C)C(=O)NCC(F)(F)F)cc1F)C(=C1CC1)C1CC1. The Balaban J connectivity index is 1.56. The molecular formula is C27H30ClF4N5O3. The molecule has 0 unspecified atom stereocenters. The highest BCUT2D eigenvalue weighted by Gasteiger charge is 2.40. The summed E-state index contributed by atoms with van der Waals surface area (Å²) in [6.07, 6.45) is 0.289. The third-order valence-electron chi connectivity index (χ3n) is 6.83. The maximum Gasteiger partial charge on any atom is 0.405 e. The molecule has 40 heavy (non-hydrogen) atoms. The molecule has 2 atom stereocenters. The van der Waals surface area contributed by atoms with Gasteiger partial charge in [0, 0.05) is 17.3 Å². The molecule has 0 bridgehead atoms. The van der Waals surface area contributed by atoms with Crippen molar-refractivity contribution in [2.45, 2.75) is 70.6 Å². The number of halogens is 5. The molecule has 1 aromatic heterocycles. The van der Waals surface area contributed by atoms with Crippen molar-refractivity contribution >= 4 is 35.0 Å². The Kier molecular flexibility index (Phi) is 8.57. The largest absolute Gasteiger partial charge is 0.405 e. The van der Waals surface area contributed by atoms with Gasteiger partial charge in [-0.1, -0.05) is 17.2 Å². The fourth-order valence-corrected chi connectivity index (χ4v) is 4.87. The first-order valence-electron chi connectivity index (χ1n) is 13.0. The third-order valence-corrected chi connectivity index (χ3v) is 7.16. The van der Waals surface area contributed by atoms with E-state index in [0.29, 0.717) is 0 Å². The average molecular weight is 584 g/mol. The Bertz CT molecular complexity index is 1340. The molecule has 2 fully saturated rings. The molecule has 2 aliphatic carbocycles. The minimum atomic E-state index is -4.60. The fraction of sp³-hybridized carbons (Fsp3) is 0.481. The molecule has 1 aromatic carbocycles. The molecule has 1 heterocycles. The van der Waals surface area contributed by atoms with Gasteiger partial charge in [0.2, 0.25) is 5.91 Å². The van der Waals surface area contributed by atoms with Crippen LogP contribution in [0.3, 0.4) is 0 Å². The number of anilines is 1. The molecule has 4 rings (SSSR count). The minimum absolute atomic E-state index is 0.0394. The standard InChI is InChI=1S/C27H30ClF4N5O3/c1-13(2)37-21(8-9-34-37)25(39)36-23(22(15-4-5-15)16-6-7-16)26(40)35-20-11-18(28)17(10-19(20)29)14(3)24(38)33-12-27(30,31)32/h8-11,13-15,23H,4-7,12H2,1-3H3,(H,33,38)(H,35,40)(H,36,39)/t14-,23+/m1/s1. The lowest BCUT2D eigenvalue weighted by Gasteiger charge is -2.23. The molecule has 216 valence electrons. The van der Waals surface area contributed by atoms with Crippen LogP contribution < -0.4 is 16.0 Å². The first-order valence-corrected chi connectivity index (χ1v) is 13.3. The molecule has 2 saturated carbocycles. The van der Waals surface area contributed by atoms with Crippen LogP contribution in [0.1, 0.15) is 74.5 Å². The maximum absolute atomic E-state index is 15.1. The molecule has 13 heteroatoms. The normalized spacial score (nSPS) is 16.4. The van der Waals surface area contributed by atoms with E-state index in [9.17, 15) is 27.6 Å². The van der Waals surface area contributed by atoms with Gasteiger partial charge >= 0.3 is 6.18 Å². The lowest BCUT2D eigenvalue weighted by atomic mass is 9.98. The van der Waals surface area contributed by atoms with Crippen molar-refractivity contribution in [1.82, 2.24) is 20.4 Å². The first kappa shape index (κ1) is 29.6. The van der Waals surface area contributed by atoms with Crippen LogP contribution in [0.2, 0.25) is 5.02 Å². The molecule has 0 aliphatic heterocycles. The summed E-state index contributed by atoms with van der Waals surface area (Å²) in [7, 11) is 0. The molecule has 3 amide bonds. The minimum Gasteiger partial charge on any atom is -0.346 e. The number of allylic oxidation sites excluding steroid dienone is 1. The van der Waals surface area contributed by atoms with Crippen LogP contribution in [0.25, 0.3) is 0 Å². The topological polar surface area (TPSA) is 105 Å². The zero-order valence-electron chi connectivity index (χ0n) is 22.2. The molecule has 0 saturated heterocycles. The maximum atomic E-state index is 15.1. The van der Waals surface area contributed by atoms with Crippen molar-refractivity contribution in [3.63, 3.8) is 0 Å². The van der Waals surface area contributed by atoms with E-state index in [4.69, 9.17) is 11.6 Å². The van der Waals surface area contributed by atoms with E-state index in [1.807, 2.05) is 13.8 Å². The third kappa shape index (κ3) is 7.01. The smallest absolute Gasteiger partial charge is 0.346 e. The molecule has 2 aliphatic rings. The highest BCUT2D eigenvalue weighted by molar-refractivity contribution is 6.32. The summed E-state index contributed by atoms with van der Waals surface area (Å²) >= 11 is 6.27. The number of carbonyl (C=O) groups excluding carboxylic acids is 3. The van der Waals surface area contributed by atoms with Gasteiger partial charge in [0.25, 0.3) is 11.8 Å². The van der Waals surface area contributed by atoms with Crippen LogP contribution in [0.15, 0.2) is 35.5 Å². The Labute approximate surface area is 233 Å². The van der Waals surface area contributed by atoms with Gasteiger partial charge in [0.05, 0.1) is 11.6 Å². The highest BCUT2D eigenvalue weighted by atomic mass is 35.5. The van der Waals surface area contributed by atoms with E-state index in [-0.39, 0.29) is 33.9 Å². The van der Waals surface area contributed by atoms with Gasteiger partial charge in [0.15, 0.2) is 0 Å². The molecular weight excluding hydrogens is 554 g/mol. The molecule has 2 aromatic rings. The van der Waals surface area contributed by atoms with E-state index in [2.05, 4.69) is 15.7 Å². The predicted molar refractivity (Wildman–Crippen MR) is 140 cm³/mol. The van der Waals surface area contributed by atoms with E-state index in [1.165, 1.54) is 17.8 Å². The fourth-order valence-electron chi connectivity index (χ4n) is 4.55. The number of hydrogen-bond donors (Lipinski definition) is 3. The van der Waals surface area contributed by atoms with E-state index < -0.39 is 48.2 Å². The lowest BCUT2D eigenvalue weighted by Crippen LogP contribution is -2.46. The van der Waals surface area contributed by atoms with Crippen molar-refractivity contribution in [2.75, 3.05) is 11.9 Å². The van der Waals surface area contributed by atoms with E-state index in [1.54, 1.807) is 11.4 Å². The summed E-state index contributed by atoms with van der Waals surface area (Å²) < 4.78 is 54.1. The Morgan fingerprint density at radius 2 is 1.80 bits per heavy atom. The summed E-state index contributed by atoms with van der Waals surface area (Å²) in [5.41, 5.74) is 1.87. The van der Waals surface area contributed by atoms with Gasteiger partial charge in [-0.2, -0.15) is 18.3 Å². The quantitative estimate of drug-likeness (QED) is 0.262. The number of nitrogens with one attached hydrogen (secondary N) is 3. The Morgan fingerprint density at radius 1 is 1.12 bits per heavy atom. The number of benzene rings is 1. The van der Waals surface area contributed by atoms with Gasteiger partial charge in [-0.15, -0.1) is 0 Å². The highest BCUT2D eigenvalue weighted by Crippen LogP contribution is 2.46. The molecule has 0 spiro atoms.